The van der Waals surface area contributed by atoms with Gasteiger partial charge in [-0.3, -0.25) is 9.48 Å². The molecule has 37 heavy (non-hydrogen) atoms. The van der Waals surface area contributed by atoms with Gasteiger partial charge < -0.3 is 14.8 Å². The number of nitrogens with one attached hydrogen (secondary N) is 1. The van der Waals surface area contributed by atoms with Crippen molar-refractivity contribution in [3.05, 3.63) is 69.9 Å². The van der Waals surface area contributed by atoms with Gasteiger partial charge in [0.25, 0.3) is 0 Å². The molecule has 0 spiro atoms. The normalized spacial score (nSPS) is 11.6. The molecule has 0 radical (unpaired) electrons. The van der Waals surface area contributed by atoms with Gasteiger partial charge in [0, 0.05) is 18.5 Å². The third-order valence-corrected chi connectivity index (χ3v) is 6.08. The number of carbonyl (C=O) groups excluding carboxylic acids is 1. The first-order valence-electron chi connectivity index (χ1n) is 10.9. The molecule has 0 saturated heterocycles. The van der Waals surface area contributed by atoms with E-state index in [9.17, 15) is 23.2 Å². The van der Waals surface area contributed by atoms with Gasteiger partial charge >= 0.3 is 12.1 Å². The van der Waals surface area contributed by atoms with Crippen LogP contribution in [-0.4, -0.2) is 34.4 Å². The van der Waals surface area contributed by atoms with Gasteiger partial charge in [-0.25, -0.2) is 0 Å². The average molecular weight is 555 g/mol. The van der Waals surface area contributed by atoms with Crippen molar-refractivity contribution < 1.29 is 27.4 Å². The lowest BCUT2D eigenvalue weighted by Gasteiger charge is -2.27. The number of hydrogen-bond donors (Lipinski definition) is 1. The first-order chi connectivity index (χ1) is 17.4. The van der Waals surface area contributed by atoms with Crippen LogP contribution in [0.1, 0.15) is 36.2 Å². The summed E-state index contributed by atoms with van der Waals surface area (Å²) in [7, 11) is 1.53. The molecule has 1 N–H and O–H groups in total. The molecule has 1 amide bonds. The minimum Gasteiger partial charge on any atom is -0.489 e. The zero-order chi connectivity index (χ0) is 27.4. The van der Waals surface area contributed by atoms with E-state index in [0.717, 1.165) is 11.1 Å². The van der Waals surface area contributed by atoms with E-state index in [1.807, 2.05) is 26.0 Å². The molecule has 3 aromatic rings. The van der Waals surface area contributed by atoms with Gasteiger partial charge in [-0.15, -0.1) is 11.6 Å². The van der Waals surface area contributed by atoms with Gasteiger partial charge in [0.2, 0.25) is 0 Å². The van der Waals surface area contributed by atoms with E-state index in [1.165, 1.54) is 17.8 Å². The Bertz CT molecular complexity index is 1320. The quantitative estimate of drug-likeness (QED) is 0.329. The van der Waals surface area contributed by atoms with Crippen molar-refractivity contribution >= 4 is 34.9 Å². The van der Waals surface area contributed by atoms with Crippen molar-refractivity contribution in [3.63, 3.8) is 0 Å². The van der Waals surface area contributed by atoms with Crippen LogP contribution in [0.4, 0.5) is 19.0 Å². The van der Waals surface area contributed by atoms with Gasteiger partial charge in [0.15, 0.2) is 11.6 Å². The molecule has 12 heteroatoms. The summed E-state index contributed by atoms with van der Waals surface area (Å²) < 4.78 is 50.0. The van der Waals surface area contributed by atoms with Crippen molar-refractivity contribution in [2.24, 2.45) is 7.05 Å². The maximum atomic E-state index is 12.5. The average Bonchev–Trinajstić information content (AvgIpc) is 3.19. The molecule has 3 rings (SSSR count). The highest BCUT2D eigenvalue weighted by molar-refractivity contribution is 6.32. The van der Waals surface area contributed by atoms with Crippen LogP contribution in [0, 0.1) is 11.3 Å². The number of rotatable bonds is 9. The standard InChI is InChI=1S/C25H23Cl2F3N4O3/c1-24(2,17-10-15(13-31)22(20(27)11-17)36-9-8-26)16-4-6-19(7-5-16)37-14-18-12-21(33-34(18)3)32-23(35)25(28,29)30/h4-7,10-12H,8-9,14H2,1-3H3,(H,32,33,35). The maximum absolute atomic E-state index is 12.5. The lowest BCUT2D eigenvalue weighted by Crippen LogP contribution is -2.30. The van der Waals surface area contributed by atoms with E-state index in [0.29, 0.717) is 27.8 Å². The predicted octanol–water partition coefficient (Wildman–Crippen LogP) is 5.97. The number of hydrogen-bond acceptors (Lipinski definition) is 5. The molecule has 0 aliphatic carbocycles. The molecule has 196 valence electrons. The monoisotopic (exact) mass is 554 g/mol. The molecule has 2 aromatic carbocycles. The van der Waals surface area contributed by atoms with Crippen molar-refractivity contribution in [1.29, 1.82) is 5.26 Å². The molecule has 0 aliphatic rings. The Labute approximate surface area is 221 Å². The van der Waals surface area contributed by atoms with Crippen LogP contribution in [0.15, 0.2) is 42.5 Å². The number of aryl methyl sites for hydroxylation is 1. The SMILES string of the molecule is Cn1nc(NC(=O)C(F)(F)F)cc1COc1ccc(C(C)(C)c2cc(Cl)c(OCCCl)c(C#N)c2)cc1. The van der Waals surface area contributed by atoms with Crippen LogP contribution in [0.5, 0.6) is 11.5 Å². The summed E-state index contributed by atoms with van der Waals surface area (Å²) in [4.78, 5) is 11.1. The Hall–Kier alpha value is -3.42. The molecule has 1 aromatic heterocycles. The number of halogens is 5. The number of alkyl halides is 4. The summed E-state index contributed by atoms with van der Waals surface area (Å²) in [6.45, 7) is 4.21. The van der Waals surface area contributed by atoms with E-state index in [1.54, 1.807) is 29.6 Å². The Morgan fingerprint density at radius 3 is 2.41 bits per heavy atom. The highest BCUT2D eigenvalue weighted by Crippen LogP contribution is 2.38. The fourth-order valence-electron chi connectivity index (χ4n) is 3.51. The Morgan fingerprint density at radius 2 is 1.81 bits per heavy atom. The van der Waals surface area contributed by atoms with Gasteiger partial charge in [-0.2, -0.15) is 23.5 Å². The number of anilines is 1. The highest BCUT2D eigenvalue weighted by Gasteiger charge is 2.39. The number of amides is 1. The zero-order valence-electron chi connectivity index (χ0n) is 20.1. The Kier molecular flexibility index (Phi) is 8.61. The first-order valence-corrected chi connectivity index (χ1v) is 11.9. The molecule has 0 bridgehead atoms. The van der Waals surface area contributed by atoms with Crippen molar-refractivity contribution in [1.82, 2.24) is 9.78 Å². The molecule has 1 heterocycles. The molecule has 0 aliphatic heterocycles. The minimum absolute atomic E-state index is 0.0129. The molecular weight excluding hydrogens is 532 g/mol. The second-order valence-corrected chi connectivity index (χ2v) is 9.30. The third-order valence-electron chi connectivity index (χ3n) is 5.65. The van der Waals surface area contributed by atoms with Gasteiger partial charge in [-0.1, -0.05) is 37.6 Å². The van der Waals surface area contributed by atoms with E-state index in [2.05, 4.69) is 11.2 Å². The lowest BCUT2D eigenvalue weighted by atomic mass is 9.77. The van der Waals surface area contributed by atoms with E-state index in [4.69, 9.17) is 32.7 Å². The topological polar surface area (TPSA) is 89.2 Å². The van der Waals surface area contributed by atoms with Crippen LogP contribution in [-0.2, 0) is 23.9 Å². The Balaban J connectivity index is 1.73. The number of benzene rings is 2. The fourth-order valence-corrected chi connectivity index (χ4v) is 3.86. The maximum Gasteiger partial charge on any atom is 0.471 e. The predicted molar refractivity (Wildman–Crippen MR) is 133 cm³/mol. The summed E-state index contributed by atoms with van der Waals surface area (Å²) in [5.74, 6) is -1.25. The smallest absolute Gasteiger partial charge is 0.471 e. The summed E-state index contributed by atoms with van der Waals surface area (Å²) >= 11 is 12.1. The largest absolute Gasteiger partial charge is 0.489 e. The summed E-state index contributed by atoms with van der Waals surface area (Å²) in [6.07, 6.45) is -5.01. The van der Waals surface area contributed by atoms with Gasteiger partial charge in [-0.05, 0) is 35.4 Å². The van der Waals surface area contributed by atoms with Crippen molar-refractivity contribution in [2.75, 3.05) is 17.8 Å². The van der Waals surface area contributed by atoms with Crippen molar-refractivity contribution in [3.8, 4) is 17.6 Å². The van der Waals surface area contributed by atoms with E-state index >= 15 is 0 Å². The van der Waals surface area contributed by atoms with Crippen LogP contribution >= 0.6 is 23.2 Å². The van der Waals surface area contributed by atoms with E-state index < -0.39 is 17.5 Å². The second kappa shape index (κ2) is 11.3. The fraction of sp³-hybridized carbons (Fsp3) is 0.320. The number of ether oxygens (including phenoxy) is 2. The molecular formula is C25H23Cl2F3N4O3. The summed E-state index contributed by atoms with van der Waals surface area (Å²) in [5.41, 5.74) is 1.97. The van der Waals surface area contributed by atoms with Crippen LogP contribution in [0.3, 0.4) is 0 Å². The van der Waals surface area contributed by atoms with Crippen LogP contribution < -0.4 is 14.8 Å². The van der Waals surface area contributed by atoms with Crippen LogP contribution in [0.25, 0.3) is 0 Å². The zero-order valence-corrected chi connectivity index (χ0v) is 21.6. The number of nitrogens with zero attached hydrogens (tertiary/aromatic N) is 3. The second-order valence-electron chi connectivity index (χ2n) is 8.52. The molecule has 7 nitrogen and oxygen atoms in total. The molecule has 0 fully saturated rings. The van der Waals surface area contributed by atoms with Crippen LogP contribution in [0.2, 0.25) is 5.02 Å². The number of aromatic nitrogens is 2. The van der Waals surface area contributed by atoms with Crippen molar-refractivity contribution in [2.45, 2.75) is 32.0 Å². The lowest BCUT2D eigenvalue weighted by molar-refractivity contribution is -0.167. The summed E-state index contributed by atoms with van der Waals surface area (Å²) in [5, 5.41) is 15.5. The summed E-state index contributed by atoms with van der Waals surface area (Å²) in [6, 6.07) is 14.2. The number of nitriles is 1. The van der Waals surface area contributed by atoms with Gasteiger partial charge in [0.1, 0.15) is 25.0 Å². The molecule has 0 unspecified atom stereocenters. The third kappa shape index (κ3) is 6.67. The molecule has 0 atom stereocenters. The highest BCUT2D eigenvalue weighted by atomic mass is 35.5. The van der Waals surface area contributed by atoms with E-state index in [-0.39, 0.29) is 24.9 Å². The first kappa shape index (κ1) is 28.2. The minimum atomic E-state index is -5.01. The number of carbonyl (C=O) groups is 1. The Morgan fingerprint density at radius 1 is 1.14 bits per heavy atom. The molecule has 0 saturated carbocycles. The van der Waals surface area contributed by atoms with Gasteiger partial charge in [0.05, 0.1) is 22.2 Å².